The second-order valence-electron chi connectivity index (χ2n) is 5.91. The van der Waals surface area contributed by atoms with Gasteiger partial charge in [-0.2, -0.15) is 0 Å². The predicted octanol–water partition coefficient (Wildman–Crippen LogP) is 0.551. The molecular weight excluding hydrogens is 294 g/mol. The third-order valence-electron chi connectivity index (χ3n) is 4.18. The summed E-state index contributed by atoms with van der Waals surface area (Å²) in [6.07, 6.45) is 2.33. The third-order valence-corrected chi connectivity index (χ3v) is 4.18. The fourth-order valence-corrected chi connectivity index (χ4v) is 2.88. The van der Waals surface area contributed by atoms with Crippen molar-refractivity contribution in [3.8, 4) is 5.75 Å². The monoisotopic (exact) mass is 319 g/mol. The molecule has 1 fully saturated rings. The minimum Gasteiger partial charge on any atom is -0.497 e. The molecule has 1 aliphatic heterocycles. The molecule has 0 radical (unpaired) electrons. The van der Waals surface area contributed by atoms with Crippen LogP contribution in [-0.2, 0) is 16.0 Å². The van der Waals surface area contributed by atoms with Gasteiger partial charge < -0.3 is 15.8 Å². The molecule has 0 saturated carbocycles. The van der Waals surface area contributed by atoms with Gasteiger partial charge in [0.15, 0.2) is 0 Å². The number of nitrogens with one attached hydrogen (secondary N) is 1. The average molecular weight is 319 g/mol. The number of likely N-dealkylation sites (tertiary alicyclic amines) is 1. The minimum atomic E-state index is -0.314. The van der Waals surface area contributed by atoms with Crippen LogP contribution in [0.2, 0.25) is 0 Å². The fourth-order valence-electron chi connectivity index (χ4n) is 2.88. The number of carbonyl (C=O) groups excluding carboxylic acids is 2. The van der Waals surface area contributed by atoms with E-state index in [9.17, 15) is 9.59 Å². The first-order chi connectivity index (χ1) is 11.1. The summed E-state index contributed by atoms with van der Waals surface area (Å²) in [5.41, 5.74) is 6.33. The maximum absolute atomic E-state index is 12.2. The Kier molecular flexibility index (Phi) is 6.40. The Morgan fingerprint density at radius 1 is 1.35 bits per heavy atom. The van der Waals surface area contributed by atoms with E-state index >= 15 is 0 Å². The van der Waals surface area contributed by atoms with Crippen molar-refractivity contribution in [3.05, 3.63) is 29.8 Å². The van der Waals surface area contributed by atoms with Gasteiger partial charge in [-0.3, -0.25) is 14.5 Å². The first kappa shape index (κ1) is 17.3. The van der Waals surface area contributed by atoms with Crippen molar-refractivity contribution in [2.45, 2.75) is 19.3 Å². The summed E-state index contributed by atoms with van der Waals surface area (Å²) in [4.78, 5) is 25.1. The first-order valence-electron chi connectivity index (χ1n) is 8.00. The lowest BCUT2D eigenvalue weighted by Crippen LogP contribution is -2.43. The highest BCUT2D eigenvalue weighted by atomic mass is 16.5. The molecule has 6 nitrogen and oxygen atoms in total. The molecule has 1 heterocycles. The van der Waals surface area contributed by atoms with Gasteiger partial charge in [-0.05, 0) is 50.0 Å². The third kappa shape index (κ3) is 5.56. The number of nitrogens with two attached hydrogens (primary N) is 1. The van der Waals surface area contributed by atoms with Crippen LogP contribution in [0.1, 0.15) is 18.4 Å². The van der Waals surface area contributed by atoms with Gasteiger partial charge in [0.25, 0.3) is 0 Å². The van der Waals surface area contributed by atoms with Crippen molar-refractivity contribution in [2.24, 2.45) is 11.7 Å². The minimum absolute atomic E-state index is 0.0319. The van der Waals surface area contributed by atoms with Crippen LogP contribution in [0.4, 0.5) is 0 Å². The van der Waals surface area contributed by atoms with Crippen LogP contribution >= 0.6 is 0 Å². The Bertz CT molecular complexity index is 540. The molecule has 0 bridgehead atoms. The number of carbonyl (C=O) groups is 2. The number of amides is 2. The zero-order valence-electron chi connectivity index (χ0n) is 13.6. The summed E-state index contributed by atoms with van der Waals surface area (Å²) in [7, 11) is 1.64. The van der Waals surface area contributed by atoms with Crippen molar-refractivity contribution in [1.82, 2.24) is 10.2 Å². The van der Waals surface area contributed by atoms with Gasteiger partial charge in [0.1, 0.15) is 5.75 Å². The van der Waals surface area contributed by atoms with Crippen molar-refractivity contribution in [2.75, 3.05) is 33.3 Å². The summed E-state index contributed by atoms with van der Waals surface area (Å²) in [6.45, 7) is 2.39. The van der Waals surface area contributed by atoms with Crippen molar-refractivity contribution in [3.63, 3.8) is 0 Å². The number of hydrogen-bond donors (Lipinski definition) is 2. The highest BCUT2D eigenvalue weighted by Crippen LogP contribution is 2.17. The number of hydrogen-bond acceptors (Lipinski definition) is 4. The summed E-state index contributed by atoms with van der Waals surface area (Å²) in [5.74, 6) is 0.651. The molecule has 0 unspecified atom stereocenters. The Hall–Kier alpha value is -2.08. The molecule has 2 amide bonds. The molecule has 1 saturated heterocycles. The summed E-state index contributed by atoms with van der Waals surface area (Å²) < 4.78 is 5.19. The van der Waals surface area contributed by atoms with E-state index in [-0.39, 0.29) is 24.3 Å². The number of benzene rings is 1. The molecule has 6 heteroatoms. The molecule has 1 aromatic carbocycles. The van der Waals surface area contributed by atoms with E-state index in [1.165, 1.54) is 0 Å². The molecule has 0 aromatic heterocycles. The SMILES string of the molecule is COc1cccc(CCNC(=O)C2CCN(CC(N)=O)CC2)c1. The van der Waals surface area contributed by atoms with E-state index in [0.29, 0.717) is 6.54 Å². The Labute approximate surface area is 137 Å². The zero-order chi connectivity index (χ0) is 16.7. The molecule has 23 heavy (non-hydrogen) atoms. The summed E-state index contributed by atoms with van der Waals surface area (Å²) in [5, 5.41) is 3.00. The molecule has 0 atom stereocenters. The standard InChI is InChI=1S/C17H25N3O3/c1-23-15-4-2-3-13(11-15)5-8-19-17(22)14-6-9-20(10-7-14)12-16(18)21/h2-4,11,14H,5-10,12H2,1H3,(H2,18,21)(H,19,22). The summed E-state index contributed by atoms with van der Waals surface area (Å²) >= 11 is 0. The number of primary amides is 1. The van der Waals surface area contributed by atoms with Gasteiger partial charge in [-0.25, -0.2) is 0 Å². The van der Waals surface area contributed by atoms with Crippen LogP contribution in [0, 0.1) is 5.92 Å². The van der Waals surface area contributed by atoms with Gasteiger partial charge in [0.05, 0.1) is 13.7 Å². The van der Waals surface area contributed by atoms with Gasteiger partial charge >= 0.3 is 0 Å². The molecule has 1 aliphatic rings. The predicted molar refractivity (Wildman–Crippen MR) is 88.1 cm³/mol. The highest BCUT2D eigenvalue weighted by Gasteiger charge is 2.25. The van der Waals surface area contributed by atoms with E-state index in [4.69, 9.17) is 10.5 Å². The van der Waals surface area contributed by atoms with Crippen LogP contribution in [0.15, 0.2) is 24.3 Å². The lowest BCUT2D eigenvalue weighted by Gasteiger charge is -2.30. The van der Waals surface area contributed by atoms with Crippen molar-refractivity contribution in [1.29, 1.82) is 0 Å². The number of rotatable bonds is 7. The molecular formula is C17H25N3O3. The van der Waals surface area contributed by atoms with E-state index < -0.39 is 0 Å². The highest BCUT2D eigenvalue weighted by molar-refractivity contribution is 5.79. The normalized spacial score (nSPS) is 16.0. The maximum atomic E-state index is 12.2. The quantitative estimate of drug-likeness (QED) is 0.769. The summed E-state index contributed by atoms with van der Waals surface area (Å²) in [6, 6.07) is 7.86. The van der Waals surface area contributed by atoms with E-state index in [0.717, 1.165) is 43.7 Å². The molecule has 126 valence electrons. The van der Waals surface area contributed by atoms with Gasteiger partial charge in [-0.1, -0.05) is 12.1 Å². The van der Waals surface area contributed by atoms with Crippen LogP contribution in [-0.4, -0.2) is 50.0 Å². The molecule has 3 N–H and O–H groups in total. The second-order valence-corrected chi connectivity index (χ2v) is 5.91. The smallest absolute Gasteiger partial charge is 0.231 e. The molecule has 1 aromatic rings. The lowest BCUT2D eigenvalue weighted by atomic mass is 9.96. The average Bonchev–Trinajstić information content (AvgIpc) is 2.55. The first-order valence-corrected chi connectivity index (χ1v) is 8.00. The van der Waals surface area contributed by atoms with Crippen LogP contribution in [0.25, 0.3) is 0 Å². The molecule has 2 rings (SSSR count). The van der Waals surface area contributed by atoms with Crippen molar-refractivity contribution < 1.29 is 14.3 Å². The topological polar surface area (TPSA) is 84.7 Å². The second kappa shape index (κ2) is 8.53. The number of methoxy groups -OCH3 is 1. The zero-order valence-corrected chi connectivity index (χ0v) is 13.6. The van der Waals surface area contributed by atoms with E-state index in [2.05, 4.69) is 5.32 Å². The lowest BCUT2D eigenvalue weighted by molar-refractivity contribution is -0.126. The van der Waals surface area contributed by atoms with Gasteiger partial charge in [0, 0.05) is 12.5 Å². The Morgan fingerprint density at radius 2 is 2.09 bits per heavy atom. The van der Waals surface area contributed by atoms with E-state index in [1.54, 1.807) is 7.11 Å². The van der Waals surface area contributed by atoms with Gasteiger partial charge in [-0.15, -0.1) is 0 Å². The van der Waals surface area contributed by atoms with Gasteiger partial charge in [0.2, 0.25) is 11.8 Å². The number of nitrogens with zero attached hydrogens (tertiary/aromatic N) is 1. The number of ether oxygens (including phenoxy) is 1. The van der Waals surface area contributed by atoms with Crippen molar-refractivity contribution >= 4 is 11.8 Å². The van der Waals surface area contributed by atoms with Crippen LogP contribution in [0.3, 0.4) is 0 Å². The Balaban J connectivity index is 1.70. The molecule has 0 spiro atoms. The van der Waals surface area contributed by atoms with E-state index in [1.807, 2.05) is 29.2 Å². The number of piperidine rings is 1. The van der Waals surface area contributed by atoms with Crippen LogP contribution < -0.4 is 15.8 Å². The van der Waals surface area contributed by atoms with Crippen LogP contribution in [0.5, 0.6) is 5.75 Å². The Morgan fingerprint density at radius 3 is 2.74 bits per heavy atom. The maximum Gasteiger partial charge on any atom is 0.231 e. The largest absolute Gasteiger partial charge is 0.497 e. The fraction of sp³-hybridized carbons (Fsp3) is 0.529. The molecule has 0 aliphatic carbocycles.